The van der Waals surface area contributed by atoms with Gasteiger partial charge in [0.05, 0.1) is 17.1 Å². The first kappa shape index (κ1) is 30.8. The molecule has 0 bridgehead atoms. The molecule has 1 unspecified atom stereocenters. The third-order valence-corrected chi connectivity index (χ3v) is 7.76. The molecule has 3 aromatic carbocycles. The summed E-state index contributed by atoms with van der Waals surface area (Å²) in [6, 6.07) is 18.0. The predicted octanol–water partition coefficient (Wildman–Crippen LogP) is 6.48. The summed E-state index contributed by atoms with van der Waals surface area (Å²) in [6.45, 7) is 5.84. The van der Waals surface area contributed by atoms with Gasteiger partial charge in [0, 0.05) is 11.6 Å². The van der Waals surface area contributed by atoms with E-state index in [9.17, 15) is 22.8 Å². The number of amidine groups is 1. The minimum absolute atomic E-state index is 0.105. The van der Waals surface area contributed by atoms with Crippen LogP contribution < -0.4 is 15.0 Å². The number of carbonyl (C=O) groups is 2. The second kappa shape index (κ2) is 12.9. The molecule has 9 nitrogen and oxygen atoms in total. The van der Waals surface area contributed by atoms with Crippen LogP contribution in [-0.2, 0) is 17.6 Å². The molecule has 1 N–H and O–H groups in total. The summed E-state index contributed by atoms with van der Waals surface area (Å²) in [5, 5.41) is 7.68. The van der Waals surface area contributed by atoms with Crippen LogP contribution in [0.1, 0.15) is 30.5 Å². The highest BCUT2D eigenvalue weighted by molar-refractivity contribution is 8.15. The van der Waals surface area contributed by atoms with E-state index in [0.29, 0.717) is 23.1 Å². The van der Waals surface area contributed by atoms with Crippen molar-refractivity contribution in [3.8, 4) is 22.8 Å². The number of para-hydroxylation sites is 1. The topological polar surface area (TPSA) is 102 Å². The Bertz CT molecular complexity index is 1690. The molecule has 4 aromatic rings. The molecule has 0 aliphatic carbocycles. The molecule has 1 aliphatic rings. The number of ether oxygens (including phenoxy) is 1. The fourth-order valence-electron chi connectivity index (χ4n) is 4.83. The van der Waals surface area contributed by atoms with Crippen LogP contribution >= 0.6 is 11.8 Å². The minimum atomic E-state index is -4.76. The summed E-state index contributed by atoms with van der Waals surface area (Å²) in [5.74, 6) is 0.239. The Labute approximate surface area is 256 Å². The van der Waals surface area contributed by atoms with Crippen LogP contribution in [0.15, 0.2) is 78.0 Å². The highest BCUT2D eigenvalue weighted by Crippen LogP contribution is 2.33. The van der Waals surface area contributed by atoms with E-state index < -0.39 is 12.4 Å². The zero-order chi connectivity index (χ0) is 31.4. The van der Waals surface area contributed by atoms with E-state index in [1.165, 1.54) is 47.0 Å². The molecule has 1 aromatic heterocycles. The smallest absolute Gasteiger partial charge is 0.406 e. The van der Waals surface area contributed by atoms with Gasteiger partial charge in [-0.2, -0.15) is 4.99 Å². The summed E-state index contributed by atoms with van der Waals surface area (Å²) >= 11 is 1.25. The molecule has 3 amide bonds. The lowest BCUT2D eigenvalue weighted by molar-refractivity contribution is -0.274. The first-order valence-corrected chi connectivity index (χ1v) is 14.8. The van der Waals surface area contributed by atoms with E-state index in [2.05, 4.69) is 25.1 Å². The Morgan fingerprint density at radius 2 is 1.84 bits per heavy atom. The van der Waals surface area contributed by atoms with E-state index in [1.54, 1.807) is 4.90 Å². The Kier molecular flexibility index (Phi) is 9.04. The predicted molar refractivity (Wildman–Crippen MR) is 163 cm³/mol. The Hall–Kier alpha value is -4.65. The maximum absolute atomic E-state index is 12.8. The highest BCUT2D eigenvalue weighted by atomic mass is 32.2. The summed E-state index contributed by atoms with van der Waals surface area (Å²) in [7, 11) is 0. The molecular weight excluding hydrogens is 593 g/mol. The van der Waals surface area contributed by atoms with Crippen molar-refractivity contribution in [1.29, 1.82) is 0 Å². The number of anilines is 1. The summed E-state index contributed by atoms with van der Waals surface area (Å²) < 4.78 is 42.6. The molecule has 1 atom stereocenters. The van der Waals surface area contributed by atoms with E-state index in [4.69, 9.17) is 0 Å². The number of amides is 3. The van der Waals surface area contributed by atoms with Crippen molar-refractivity contribution in [1.82, 2.24) is 20.1 Å². The first-order chi connectivity index (χ1) is 21.0. The Balaban J connectivity index is 1.20. The van der Waals surface area contributed by atoms with Crippen molar-refractivity contribution >= 4 is 34.6 Å². The second-order valence-corrected chi connectivity index (χ2v) is 11.1. The number of aliphatic imine (C=N–C) groups is 1. The van der Waals surface area contributed by atoms with Crippen molar-refractivity contribution in [2.75, 3.05) is 10.7 Å². The van der Waals surface area contributed by atoms with Crippen LogP contribution in [0.5, 0.6) is 5.75 Å². The lowest BCUT2D eigenvalue weighted by Crippen LogP contribution is -2.35. The maximum atomic E-state index is 12.8. The molecule has 2 heterocycles. The summed E-state index contributed by atoms with van der Waals surface area (Å²) in [4.78, 5) is 35.7. The molecule has 1 aliphatic heterocycles. The number of carbonyl (C=O) groups excluding carboxylic acids is 2. The average molecular weight is 623 g/mol. The van der Waals surface area contributed by atoms with Crippen molar-refractivity contribution in [2.45, 2.75) is 46.0 Å². The number of thioether (sulfide) groups is 1. The number of hydrogen-bond donors (Lipinski definition) is 1. The Morgan fingerprint density at radius 1 is 1.11 bits per heavy atom. The molecule has 0 spiro atoms. The van der Waals surface area contributed by atoms with Crippen molar-refractivity contribution < 1.29 is 27.5 Å². The monoisotopic (exact) mass is 622 g/mol. The molecule has 228 valence electrons. The number of nitrogens with zero attached hydrogens (tertiary/aromatic N) is 5. The molecule has 1 saturated heterocycles. The van der Waals surface area contributed by atoms with E-state index in [-0.39, 0.29) is 23.5 Å². The van der Waals surface area contributed by atoms with Crippen LogP contribution in [-0.4, -0.2) is 50.0 Å². The van der Waals surface area contributed by atoms with Crippen LogP contribution in [0.2, 0.25) is 0 Å². The third-order valence-electron chi connectivity index (χ3n) is 6.84. The standard InChI is InChI=1S/C31H29F3N6O3S/c1-4-22-7-5-6-19(2)27(22)40-26(41)17-44-30(40)37-29(42)36-20(3)16-21-8-10-23(11-9-21)28-35-18-39(38-28)24-12-14-25(15-13-24)43-31(32,33)34/h5-15,18,20H,4,16-17H2,1-3H3,(H,36,42)/b37-30-. The number of urea groups is 1. The number of rotatable bonds is 8. The lowest BCUT2D eigenvalue weighted by Gasteiger charge is -2.22. The van der Waals surface area contributed by atoms with Gasteiger partial charge >= 0.3 is 12.4 Å². The van der Waals surface area contributed by atoms with Gasteiger partial charge < -0.3 is 10.1 Å². The summed E-state index contributed by atoms with van der Waals surface area (Å²) in [6.07, 6.45) is -2.00. The number of aryl methyl sites for hydroxylation is 2. The normalized spacial score (nSPS) is 15.1. The maximum Gasteiger partial charge on any atom is 0.573 e. The van der Waals surface area contributed by atoms with Gasteiger partial charge in [-0.05, 0) is 67.6 Å². The number of halogens is 3. The van der Waals surface area contributed by atoms with E-state index >= 15 is 0 Å². The largest absolute Gasteiger partial charge is 0.573 e. The minimum Gasteiger partial charge on any atom is -0.406 e. The quantitative estimate of drug-likeness (QED) is 0.241. The number of aromatic nitrogens is 3. The molecule has 5 rings (SSSR count). The van der Waals surface area contributed by atoms with Crippen LogP contribution in [0.4, 0.5) is 23.7 Å². The zero-order valence-corrected chi connectivity index (χ0v) is 24.9. The fraction of sp³-hybridized carbons (Fsp3) is 0.258. The van der Waals surface area contributed by atoms with Gasteiger partial charge in [-0.15, -0.1) is 18.3 Å². The first-order valence-electron chi connectivity index (χ1n) is 13.8. The number of benzene rings is 3. The van der Waals surface area contributed by atoms with E-state index in [0.717, 1.165) is 34.4 Å². The highest BCUT2D eigenvalue weighted by Gasteiger charge is 2.33. The van der Waals surface area contributed by atoms with Crippen molar-refractivity contribution in [3.63, 3.8) is 0 Å². The lowest BCUT2D eigenvalue weighted by atomic mass is 10.0. The van der Waals surface area contributed by atoms with Crippen molar-refractivity contribution in [3.05, 3.63) is 89.7 Å². The van der Waals surface area contributed by atoms with Crippen LogP contribution in [0.3, 0.4) is 0 Å². The average Bonchev–Trinajstić information content (AvgIpc) is 3.60. The molecule has 0 saturated carbocycles. The molecule has 44 heavy (non-hydrogen) atoms. The number of hydrogen-bond acceptors (Lipinski definition) is 6. The zero-order valence-electron chi connectivity index (χ0n) is 24.1. The van der Waals surface area contributed by atoms with Gasteiger partial charge in [-0.3, -0.25) is 9.69 Å². The van der Waals surface area contributed by atoms with Gasteiger partial charge in [-0.25, -0.2) is 14.5 Å². The second-order valence-electron chi connectivity index (χ2n) is 10.2. The Morgan fingerprint density at radius 3 is 2.52 bits per heavy atom. The van der Waals surface area contributed by atoms with Crippen LogP contribution in [0, 0.1) is 6.92 Å². The SMILES string of the molecule is CCc1cccc(C)c1N1C(=O)CS/C1=N\C(=O)NC(C)Cc1ccc(-c2ncn(-c3ccc(OC(F)(F)F)cc3)n2)cc1. The van der Waals surface area contributed by atoms with E-state index in [1.807, 2.05) is 63.2 Å². The number of alkyl halides is 3. The van der Waals surface area contributed by atoms with Crippen molar-refractivity contribution in [2.24, 2.45) is 4.99 Å². The fourth-order valence-corrected chi connectivity index (χ4v) is 5.69. The third kappa shape index (κ3) is 7.28. The van der Waals surface area contributed by atoms with Gasteiger partial charge in [0.1, 0.15) is 12.1 Å². The molecule has 1 fully saturated rings. The van der Waals surface area contributed by atoms with Gasteiger partial charge in [0.2, 0.25) is 5.91 Å². The number of nitrogens with one attached hydrogen (secondary N) is 1. The molecule has 13 heteroatoms. The summed E-state index contributed by atoms with van der Waals surface area (Å²) in [5.41, 5.74) is 4.99. The van der Waals surface area contributed by atoms with Gasteiger partial charge in [0.25, 0.3) is 0 Å². The van der Waals surface area contributed by atoms with Gasteiger partial charge in [0.15, 0.2) is 11.0 Å². The van der Waals surface area contributed by atoms with Gasteiger partial charge in [-0.1, -0.05) is 61.2 Å². The molecular formula is C31H29F3N6O3S. The molecule has 0 radical (unpaired) electrons. The van der Waals surface area contributed by atoms with Crippen LogP contribution in [0.25, 0.3) is 17.1 Å².